The van der Waals surface area contributed by atoms with Gasteiger partial charge in [0, 0.05) is 12.0 Å². The molecule has 1 fully saturated rings. The third-order valence-corrected chi connectivity index (χ3v) is 3.83. The summed E-state index contributed by atoms with van der Waals surface area (Å²) in [6, 6.07) is 0. The van der Waals surface area contributed by atoms with E-state index < -0.39 is 0 Å². The molecule has 0 amide bonds. The molecule has 0 aliphatic heterocycles. The minimum absolute atomic E-state index is 0.0502. The van der Waals surface area contributed by atoms with Crippen molar-refractivity contribution in [2.75, 3.05) is 6.54 Å². The highest BCUT2D eigenvalue weighted by molar-refractivity contribution is 4.93. The quantitative estimate of drug-likeness (QED) is 0.713. The van der Waals surface area contributed by atoms with E-state index >= 15 is 0 Å². The molecule has 1 aliphatic rings. The Morgan fingerprint density at radius 1 is 1.57 bits per heavy atom. The normalized spacial score (nSPS) is 34.7. The van der Waals surface area contributed by atoms with Crippen LogP contribution in [0.15, 0.2) is 0 Å². The van der Waals surface area contributed by atoms with Gasteiger partial charge in [-0.2, -0.15) is 0 Å². The van der Waals surface area contributed by atoms with Crippen LogP contribution in [0.25, 0.3) is 0 Å². The summed E-state index contributed by atoms with van der Waals surface area (Å²) >= 11 is 0. The van der Waals surface area contributed by atoms with Crippen LogP contribution >= 0.6 is 0 Å². The van der Waals surface area contributed by atoms with Crippen molar-refractivity contribution < 1.29 is 5.11 Å². The van der Waals surface area contributed by atoms with Crippen LogP contribution in [0.5, 0.6) is 0 Å². The van der Waals surface area contributed by atoms with Crippen molar-refractivity contribution in [3.05, 3.63) is 0 Å². The van der Waals surface area contributed by atoms with Gasteiger partial charge in [-0.1, -0.05) is 33.1 Å². The zero-order chi connectivity index (χ0) is 10.6. The van der Waals surface area contributed by atoms with Gasteiger partial charge in [0.25, 0.3) is 0 Å². The van der Waals surface area contributed by atoms with Crippen LogP contribution in [0, 0.1) is 11.3 Å². The third-order valence-electron chi connectivity index (χ3n) is 3.83. The second-order valence-electron chi connectivity index (χ2n) is 5.07. The molecule has 0 aromatic heterocycles. The molecule has 1 aliphatic carbocycles. The maximum absolute atomic E-state index is 10.2. The largest absolute Gasteiger partial charge is 0.393 e. The van der Waals surface area contributed by atoms with Crippen LogP contribution in [0.4, 0.5) is 0 Å². The molecule has 2 heteroatoms. The fraction of sp³-hybridized carbons (Fsp3) is 1.00. The van der Waals surface area contributed by atoms with E-state index in [-0.39, 0.29) is 11.5 Å². The second-order valence-corrected chi connectivity index (χ2v) is 5.07. The highest BCUT2D eigenvalue weighted by Crippen LogP contribution is 2.44. The van der Waals surface area contributed by atoms with Crippen molar-refractivity contribution in [2.24, 2.45) is 17.1 Å². The van der Waals surface area contributed by atoms with Crippen LogP contribution in [-0.4, -0.2) is 17.8 Å². The van der Waals surface area contributed by atoms with Gasteiger partial charge in [-0.25, -0.2) is 0 Å². The van der Waals surface area contributed by atoms with Gasteiger partial charge in [0.2, 0.25) is 0 Å². The minimum atomic E-state index is -0.169. The van der Waals surface area contributed by atoms with E-state index in [9.17, 15) is 5.11 Å². The van der Waals surface area contributed by atoms with Crippen LogP contribution in [0.2, 0.25) is 0 Å². The topological polar surface area (TPSA) is 46.2 Å². The maximum Gasteiger partial charge on any atom is 0.0608 e. The van der Waals surface area contributed by atoms with Crippen LogP contribution in [0.1, 0.15) is 52.4 Å². The van der Waals surface area contributed by atoms with Gasteiger partial charge in [-0.05, 0) is 25.2 Å². The van der Waals surface area contributed by atoms with Crippen molar-refractivity contribution in [2.45, 2.75) is 58.5 Å². The molecule has 0 heterocycles. The Hall–Kier alpha value is -0.0800. The van der Waals surface area contributed by atoms with Gasteiger partial charge in [0.05, 0.1) is 6.10 Å². The van der Waals surface area contributed by atoms with Crippen LogP contribution in [-0.2, 0) is 0 Å². The SMILES string of the molecule is CCCCC(O)C1(CN)CCC(C)C1. The second kappa shape index (κ2) is 5.13. The molecule has 0 aromatic carbocycles. The Morgan fingerprint density at radius 2 is 2.29 bits per heavy atom. The van der Waals surface area contributed by atoms with E-state index in [0.29, 0.717) is 6.54 Å². The smallest absolute Gasteiger partial charge is 0.0608 e. The number of aliphatic hydroxyl groups excluding tert-OH is 1. The number of aliphatic hydroxyl groups is 1. The van der Waals surface area contributed by atoms with E-state index in [2.05, 4.69) is 13.8 Å². The molecule has 2 nitrogen and oxygen atoms in total. The average Bonchev–Trinajstić information content (AvgIpc) is 2.58. The zero-order valence-corrected chi connectivity index (χ0v) is 9.63. The first-order valence-corrected chi connectivity index (χ1v) is 6.02. The Kier molecular flexibility index (Phi) is 4.39. The molecular formula is C12H25NO. The zero-order valence-electron chi connectivity index (χ0n) is 9.63. The summed E-state index contributed by atoms with van der Waals surface area (Å²) in [5, 5.41) is 10.2. The highest BCUT2D eigenvalue weighted by atomic mass is 16.3. The van der Waals surface area contributed by atoms with Gasteiger partial charge in [0.15, 0.2) is 0 Å². The molecule has 1 saturated carbocycles. The Bertz CT molecular complexity index is 172. The first-order valence-electron chi connectivity index (χ1n) is 6.02. The van der Waals surface area contributed by atoms with Gasteiger partial charge in [-0.15, -0.1) is 0 Å². The molecule has 0 aromatic rings. The van der Waals surface area contributed by atoms with E-state index in [4.69, 9.17) is 5.73 Å². The summed E-state index contributed by atoms with van der Waals surface area (Å²) in [5.74, 6) is 0.745. The molecule has 0 radical (unpaired) electrons. The fourth-order valence-electron chi connectivity index (χ4n) is 2.76. The average molecular weight is 199 g/mol. The first-order chi connectivity index (χ1) is 6.64. The number of rotatable bonds is 5. The molecule has 3 N–H and O–H groups in total. The van der Waals surface area contributed by atoms with Crippen molar-refractivity contribution in [1.29, 1.82) is 0 Å². The lowest BCUT2D eigenvalue weighted by molar-refractivity contribution is 0.0241. The predicted octanol–water partition coefficient (Wildman–Crippen LogP) is 2.30. The summed E-state index contributed by atoms with van der Waals surface area (Å²) in [6.45, 7) is 5.09. The standard InChI is InChI=1S/C12H25NO/c1-3-4-5-11(14)12(9-13)7-6-10(2)8-12/h10-11,14H,3-9,13H2,1-2H3. The molecule has 3 atom stereocenters. The van der Waals surface area contributed by atoms with Crippen molar-refractivity contribution >= 4 is 0 Å². The predicted molar refractivity (Wildman–Crippen MR) is 60.0 cm³/mol. The number of hydrogen-bond donors (Lipinski definition) is 2. The fourth-order valence-corrected chi connectivity index (χ4v) is 2.76. The van der Waals surface area contributed by atoms with Gasteiger partial charge >= 0.3 is 0 Å². The summed E-state index contributed by atoms with van der Waals surface area (Å²) in [4.78, 5) is 0. The van der Waals surface area contributed by atoms with E-state index in [0.717, 1.165) is 38.0 Å². The van der Waals surface area contributed by atoms with E-state index in [1.807, 2.05) is 0 Å². The highest BCUT2D eigenvalue weighted by Gasteiger charge is 2.41. The van der Waals surface area contributed by atoms with Gasteiger partial charge in [-0.3, -0.25) is 0 Å². The summed E-state index contributed by atoms with van der Waals surface area (Å²) in [5.41, 5.74) is 5.89. The van der Waals surface area contributed by atoms with E-state index in [1.54, 1.807) is 0 Å². The molecular weight excluding hydrogens is 174 g/mol. The maximum atomic E-state index is 10.2. The first kappa shape index (κ1) is 12.0. The van der Waals surface area contributed by atoms with E-state index in [1.165, 1.54) is 6.42 Å². The molecule has 1 rings (SSSR count). The Balaban J connectivity index is 2.51. The minimum Gasteiger partial charge on any atom is -0.393 e. The van der Waals surface area contributed by atoms with Crippen molar-refractivity contribution in [3.8, 4) is 0 Å². The summed E-state index contributed by atoms with van der Waals surface area (Å²) < 4.78 is 0. The lowest BCUT2D eigenvalue weighted by atomic mass is 9.78. The van der Waals surface area contributed by atoms with Crippen LogP contribution in [0.3, 0.4) is 0 Å². The Labute approximate surface area is 87.9 Å². The summed E-state index contributed by atoms with van der Waals surface area (Å²) in [7, 11) is 0. The third kappa shape index (κ3) is 2.48. The number of hydrogen-bond acceptors (Lipinski definition) is 2. The molecule has 0 saturated heterocycles. The van der Waals surface area contributed by atoms with Gasteiger partial charge in [0.1, 0.15) is 0 Å². The lowest BCUT2D eigenvalue weighted by Gasteiger charge is -2.33. The van der Waals surface area contributed by atoms with Crippen molar-refractivity contribution in [1.82, 2.24) is 0 Å². The Morgan fingerprint density at radius 3 is 2.71 bits per heavy atom. The number of unbranched alkanes of at least 4 members (excludes halogenated alkanes) is 1. The van der Waals surface area contributed by atoms with Crippen LogP contribution < -0.4 is 5.73 Å². The molecule has 84 valence electrons. The monoisotopic (exact) mass is 199 g/mol. The number of nitrogens with two attached hydrogens (primary N) is 1. The van der Waals surface area contributed by atoms with Gasteiger partial charge < -0.3 is 10.8 Å². The lowest BCUT2D eigenvalue weighted by Crippen LogP contribution is -2.39. The van der Waals surface area contributed by atoms with Crippen molar-refractivity contribution in [3.63, 3.8) is 0 Å². The molecule has 0 bridgehead atoms. The molecule has 14 heavy (non-hydrogen) atoms. The molecule has 3 unspecified atom stereocenters. The molecule has 0 spiro atoms. The summed E-state index contributed by atoms with van der Waals surface area (Å²) in [6.07, 6.45) is 6.52.